The molecular formula is C13H21NOS. The summed E-state index contributed by atoms with van der Waals surface area (Å²) in [5, 5.41) is 3.41. The van der Waals surface area contributed by atoms with Crippen LogP contribution in [0.2, 0.25) is 0 Å². The Kier molecular flexibility index (Phi) is 4.38. The van der Waals surface area contributed by atoms with Gasteiger partial charge in [0.2, 0.25) is 0 Å². The topological polar surface area (TPSA) is 21.3 Å². The highest BCUT2D eigenvalue weighted by molar-refractivity contribution is 7.12. The monoisotopic (exact) mass is 239 g/mol. The van der Waals surface area contributed by atoms with Gasteiger partial charge in [-0.1, -0.05) is 6.92 Å². The molecule has 2 unspecified atom stereocenters. The van der Waals surface area contributed by atoms with Crippen molar-refractivity contribution in [2.45, 2.75) is 44.8 Å². The summed E-state index contributed by atoms with van der Waals surface area (Å²) in [4.78, 5) is 2.93. The average Bonchev–Trinajstić information content (AvgIpc) is 2.96. The molecular weight excluding hydrogens is 218 g/mol. The fraction of sp³-hybridized carbons (Fsp3) is 0.692. The summed E-state index contributed by atoms with van der Waals surface area (Å²) >= 11 is 1.93. The summed E-state index contributed by atoms with van der Waals surface area (Å²) in [6.45, 7) is 3.16. The summed E-state index contributed by atoms with van der Waals surface area (Å²) < 4.78 is 5.70. The van der Waals surface area contributed by atoms with Crippen LogP contribution in [0.4, 0.5) is 0 Å². The van der Waals surface area contributed by atoms with E-state index < -0.39 is 0 Å². The Labute approximate surface area is 102 Å². The van der Waals surface area contributed by atoms with E-state index in [2.05, 4.69) is 24.4 Å². The highest BCUT2D eigenvalue weighted by Gasteiger charge is 2.21. The molecule has 1 saturated heterocycles. The highest BCUT2D eigenvalue weighted by atomic mass is 32.1. The largest absolute Gasteiger partial charge is 0.378 e. The summed E-state index contributed by atoms with van der Waals surface area (Å²) in [6, 6.07) is 4.98. The SMILES string of the molecule is CCc1ccc(C(CC2CCCO2)NC)s1. The lowest BCUT2D eigenvalue weighted by atomic mass is 10.1. The van der Waals surface area contributed by atoms with Crippen molar-refractivity contribution in [1.29, 1.82) is 0 Å². The number of rotatable bonds is 5. The molecule has 0 amide bonds. The summed E-state index contributed by atoms with van der Waals surface area (Å²) in [5.74, 6) is 0. The first-order valence-electron chi connectivity index (χ1n) is 6.21. The molecule has 1 aromatic rings. The van der Waals surface area contributed by atoms with E-state index in [0.29, 0.717) is 12.1 Å². The molecule has 1 N–H and O–H groups in total. The fourth-order valence-electron chi connectivity index (χ4n) is 2.24. The fourth-order valence-corrected chi connectivity index (χ4v) is 3.32. The average molecular weight is 239 g/mol. The summed E-state index contributed by atoms with van der Waals surface area (Å²) in [6.07, 6.45) is 5.17. The van der Waals surface area contributed by atoms with E-state index in [9.17, 15) is 0 Å². The van der Waals surface area contributed by atoms with E-state index in [1.54, 1.807) is 0 Å². The van der Waals surface area contributed by atoms with E-state index in [4.69, 9.17) is 4.74 Å². The smallest absolute Gasteiger partial charge is 0.0594 e. The molecule has 90 valence electrons. The molecule has 2 nitrogen and oxygen atoms in total. The van der Waals surface area contributed by atoms with Gasteiger partial charge in [-0.3, -0.25) is 0 Å². The Morgan fingerprint density at radius 2 is 2.44 bits per heavy atom. The van der Waals surface area contributed by atoms with Gasteiger partial charge < -0.3 is 10.1 Å². The zero-order valence-electron chi connectivity index (χ0n) is 10.2. The molecule has 1 aliphatic rings. The molecule has 3 heteroatoms. The van der Waals surface area contributed by atoms with Crippen LogP contribution in [0.25, 0.3) is 0 Å². The van der Waals surface area contributed by atoms with Crippen molar-refractivity contribution >= 4 is 11.3 Å². The van der Waals surface area contributed by atoms with Gasteiger partial charge >= 0.3 is 0 Å². The Bertz CT molecular complexity index is 317. The van der Waals surface area contributed by atoms with E-state index in [-0.39, 0.29) is 0 Å². The van der Waals surface area contributed by atoms with Crippen LogP contribution in [0.15, 0.2) is 12.1 Å². The van der Waals surface area contributed by atoms with Crippen molar-refractivity contribution in [3.05, 3.63) is 21.9 Å². The molecule has 0 radical (unpaired) electrons. The first-order valence-corrected chi connectivity index (χ1v) is 7.02. The van der Waals surface area contributed by atoms with Crippen molar-refractivity contribution in [2.75, 3.05) is 13.7 Å². The summed E-state index contributed by atoms with van der Waals surface area (Å²) in [5.41, 5.74) is 0. The van der Waals surface area contributed by atoms with Crippen molar-refractivity contribution < 1.29 is 4.74 Å². The van der Waals surface area contributed by atoms with Crippen LogP contribution >= 0.6 is 11.3 Å². The highest BCUT2D eigenvalue weighted by Crippen LogP contribution is 2.29. The van der Waals surface area contributed by atoms with Crippen LogP contribution in [-0.2, 0) is 11.2 Å². The van der Waals surface area contributed by atoms with Gasteiger partial charge in [-0.05, 0) is 44.9 Å². The Morgan fingerprint density at radius 3 is 3.00 bits per heavy atom. The molecule has 0 saturated carbocycles. The molecule has 2 heterocycles. The maximum Gasteiger partial charge on any atom is 0.0594 e. The Balaban J connectivity index is 1.97. The van der Waals surface area contributed by atoms with Gasteiger partial charge in [-0.15, -0.1) is 11.3 Å². The lowest BCUT2D eigenvalue weighted by Gasteiger charge is -2.18. The number of thiophene rings is 1. The second-order valence-corrected chi connectivity index (χ2v) is 5.57. The van der Waals surface area contributed by atoms with Crippen molar-refractivity contribution in [3.8, 4) is 0 Å². The Hall–Kier alpha value is -0.380. The van der Waals surface area contributed by atoms with Crippen LogP contribution in [0.5, 0.6) is 0 Å². The van der Waals surface area contributed by atoms with Crippen molar-refractivity contribution in [2.24, 2.45) is 0 Å². The predicted octanol–water partition coefficient (Wildman–Crippen LogP) is 3.14. The molecule has 0 bridgehead atoms. The number of ether oxygens (including phenoxy) is 1. The first-order chi connectivity index (χ1) is 7.83. The molecule has 16 heavy (non-hydrogen) atoms. The van der Waals surface area contributed by atoms with Gasteiger partial charge in [0, 0.05) is 22.4 Å². The third-order valence-corrected chi connectivity index (χ3v) is 4.59. The van der Waals surface area contributed by atoms with Crippen LogP contribution in [-0.4, -0.2) is 19.8 Å². The standard InChI is InChI=1S/C13H21NOS/c1-3-11-6-7-13(16-11)12(14-2)9-10-5-4-8-15-10/h6-7,10,12,14H,3-5,8-9H2,1-2H3. The van der Waals surface area contributed by atoms with Crippen LogP contribution in [0, 0.1) is 0 Å². The zero-order valence-corrected chi connectivity index (χ0v) is 11.0. The van der Waals surface area contributed by atoms with Crippen LogP contribution < -0.4 is 5.32 Å². The van der Waals surface area contributed by atoms with E-state index in [1.165, 1.54) is 22.6 Å². The minimum atomic E-state index is 0.463. The van der Waals surface area contributed by atoms with Crippen LogP contribution in [0.1, 0.15) is 42.0 Å². The number of nitrogens with one attached hydrogen (secondary N) is 1. The maximum atomic E-state index is 5.70. The van der Waals surface area contributed by atoms with E-state index >= 15 is 0 Å². The zero-order chi connectivity index (χ0) is 11.4. The molecule has 2 atom stereocenters. The Morgan fingerprint density at radius 1 is 1.56 bits per heavy atom. The van der Waals surface area contributed by atoms with Gasteiger partial charge in [0.15, 0.2) is 0 Å². The van der Waals surface area contributed by atoms with E-state index in [0.717, 1.165) is 19.4 Å². The minimum absolute atomic E-state index is 0.463. The minimum Gasteiger partial charge on any atom is -0.378 e. The maximum absolute atomic E-state index is 5.70. The predicted molar refractivity (Wildman–Crippen MR) is 69.1 cm³/mol. The lowest BCUT2D eigenvalue weighted by Crippen LogP contribution is -2.21. The molecule has 2 rings (SSSR count). The third kappa shape index (κ3) is 2.84. The van der Waals surface area contributed by atoms with Gasteiger partial charge in [0.05, 0.1) is 6.10 Å². The number of aryl methyl sites for hydroxylation is 1. The lowest BCUT2D eigenvalue weighted by molar-refractivity contribution is 0.0957. The van der Waals surface area contributed by atoms with E-state index in [1.807, 2.05) is 18.4 Å². The molecule has 0 aromatic carbocycles. The van der Waals surface area contributed by atoms with Crippen molar-refractivity contribution in [3.63, 3.8) is 0 Å². The first kappa shape index (κ1) is 12.1. The van der Waals surface area contributed by atoms with Gasteiger partial charge in [0.1, 0.15) is 0 Å². The van der Waals surface area contributed by atoms with Crippen molar-refractivity contribution in [1.82, 2.24) is 5.32 Å². The van der Waals surface area contributed by atoms with Crippen LogP contribution in [0.3, 0.4) is 0 Å². The van der Waals surface area contributed by atoms with Gasteiger partial charge in [-0.2, -0.15) is 0 Å². The summed E-state index contributed by atoms with van der Waals surface area (Å²) in [7, 11) is 2.05. The van der Waals surface area contributed by atoms with Gasteiger partial charge in [-0.25, -0.2) is 0 Å². The molecule has 0 aliphatic carbocycles. The molecule has 1 aliphatic heterocycles. The number of hydrogen-bond acceptors (Lipinski definition) is 3. The quantitative estimate of drug-likeness (QED) is 0.852. The second kappa shape index (κ2) is 5.80. The normalized spacial score (nSPS) is 22.5. The van der Waals surface area contributed by atoms with Gasteiger partial charge in [0.25, 0.3) is 0 Å². The molecule has 1 fully saturated rings. The second-order valence-electron chi connectivity index (χ2n) is 4.37. The number of hydrogen-bond donors (Lipinski definition) is 1. The third-order valence-electron chi connectivity index (χ3n) is 3.25. The molecule has 0 spiro atoms. The molecule has 1 aromatic heterocycles.